The topological polar surface area (TPSA) is 65.7 Å². The zero-order valence-corrected chi connectivity index (χ0v) is 6.95. The number of hydrogen-bond donors (Lipinski definition) is 0. The molecule has 0 fully saturated rings. The third-order valence-corrected chi connectivity index (χ3v) is 1.43. The molecule has 0 saturated carbocycles. The van der Waals surface area contributed by atoms with E-state index in [0.29, 0.717) is 11.8 Å². The first-order valence-corrected chi connectivity index (χ1v) is 3.64. The zero-order valence-electron chi connectivity index (χ0n) is 6.95. The van der Waals surface area contributed by atoms with Gasteiger partial charge in [-0.1, -0.05) is 0 Å². The Morgan fingerprint density at radius 2 is 2.00 bits per heavy atom. The monoisotopic (exact) mass is 177 g/mol. The molecule has 0 aromatic carbocycles. The van der Waals surface area contributed by atoms with Gasteiger partial charge in [-0.3, -0.25) is 0 Å². The molecule has 66 valence electrons. The van der Waals surface area contributed by atoms with Crippen molar-refractivity contribution in [3.05, 3.63) is 24.7 Å². The number of rotatable bonds is 2. The summed E-state index contributed by atoms with van der Waals surface area (Å²) < 4.78 is 4.86. The molecule has 0 radical (unpaired) electrons. The first-order valence-electron chi connectivity index (χ1n) is 3.64. The van der Waals surface area contributed by atoms with Gasteiger partial charge in [0.2, 0.25) is 0 Å². The van der Waals surface area contributed by atoms with Crippen molar-refractivity contribution in [1.29, 1.82) is 0 Å². The van der Waals surface area contributed by atoms with Crippen LogP contribution in [0, 0.1) is 0 Å². The summed E-state index contributed by atoms with van der Waals surface area (Å²) in [5.74, 6) is 0.580. The van der Waals surface area contributed by atoms with Gasteiger partial charge in [0.15, 0.2) is 5.82 Å². The lowest BCUT2D eigenvalue weighted by Gasteiger charge is -1.99. The van der Waals surface area contributed by atoms with E-state index in [4.69, 9.17) is 4.74 Å². The molecular formula is C7H7N5O. The number of nitrogens with zero attached hydrogens (tertiary/aromatic N) is 5. The molecule has 2 aromatic rings. The number of hydrogen-bond acceptors (Lipinski definition) is 5. The first kappa shape index (κ1) is 7.66. The fraction of sp³-hybridized carbons (Fsp3) is 0.143. The Morgan fingerprint density at radius 1 is 1.23 bits per heavy atom. The molecule has 0 bridgehead atoms. The Morgan fingerprint density at radius 3 is 2.69 bits per heavy atom. The Labute approximate surface area is 74.2 Å². The summed E-state index contributed by atoms with van der Waals surface area (Å²) in [5, 5.41) is 7.84. The Kier molecular flexibility index (Phi) is 1.87. The number of aromatic nitrogens is 5. The summed E-state index contributed by atoms with van der Waals surface area (Å²) in [6.07, 6.45) is 4.74. The van der Waals surface area contributed by atoms with Crippen LogP contribution in [0.2, 0.25) is 0 Å². The third kappa shape index (κ3) is 1.46. The fourth-order valence-corrected chi connectivity index (χ4v) is 0.876. The molecule has 6 heteroatoms. The number of methoxy groups -OCH3 is 1. The van der Waals surface area contributed by atoms with Gasteiger partial charge >= 0.3 is 6.01 Å². The maximum Gasteiger partial charge on any atom is 0.318 e. The Balaban J connectivity index is 2.41. The van der Waals surface area contributed by atoms with E-state index in [1.54, 1.807) is 24.7 Å². The van der Waals surface area contributed by atoms with Gasteiger partial charge in [-0.2, -0.15) is 15.2 Å². The van der Waals surface area contributed by atoms with E-state index in [1.807, 2.05) is 0 Å². The van der Waals surface area contributed by atoms with Crippen LogP contribution in [0.3, 0.4) is 0 Å². The van der Waals surface area contributed by atoms with Crippen molar-refractivity contribution in [3.8, 4) is 11.8 Å². The average Bonchev–Trinajstić information content (AvgIpc) is 2.71. The summed E-state index contributed by atoms with van der Waals surface area (Å²) >= 11 is 0. The molecule has 2 heterocycles. The van der Waals surface area contributed by atoms with Crippen LogP contribution in [0.5, 0.6) is 6.01 Å². The van der Waals surface area contributed by atoms with Gasteiger partial charge in [-0.25, -0.2) is 4.98 Å². The third-order valence-electron chi connectivity index (χ3n) is 1.43. The van der Waals surface area contributed by atoms with Gasteiger partial charge in [-0.05, 0) is 0 Å². The van der Waals surface area contributed by atoms with Gasteiger partial charge in [0.1, 0.15) is 0 Å². The minimum atomic E-state index is 0.301. The summed E-state index contributed by atoms with van der Waals surface area (Å²) in [4.78, 5) is 9.30. The molecule has 0 spiro atoms. The molecule has 0 atom stereocenters. The lowest BCUT2D eigenvalue weighted by molar-refractivity contribution is 0.378. The van der Waals surface area contributed by atoms with Crippen LogP contribution in [0.4, 0.5) is 0 Å². The zero-order chi connectivity index (χ0) is 9.10. The first-order chi connectivity index (χ1) is 6.40. The molecule has 2 rings (SSSR count). The molecule has 0 aliphatic rings. The summed E-state index contributed by atoms with van der Waals surface area (Å²) in [6, 6.07) is 2.00. The average molecular weight is 177 g/mol. The SMILES string of the molecule is COc1nccc(-n2nccn2)n1. The van der Waals surface area contributed by atoms with Crippen LogP contribution >= 0.6 is 0 Å². The fourth-order valence-electron chi connectivity index (χ4n) is 0.876. The van der Waals surface area contributed by atoms with Crippen molar-refractivity contribution in [2.24, 2.45) is 0 Å². The van der Waals surface area contributed by atoms with Crippen LogP contribution < -0.4 is 4.74 Å². The normalized spacial score (nSPS) is 9.92. The predicted octanol–water partition coefficient (Wildman–Crippen LogP) is 0.0659. The van der Waals surface area contributed by atoms with Gasteiger partial charge in [0, 0.05) is 12.3 Å². The standard InChI is InChI=1S/C7H7N5O/c1-13-7-8-3-2-6(11-7)12-9-4-5-10-12/h2-5H,1H3. The number of ether oxygens (including phenoxy) is 1. The van der Waals surface area contributed by atoms with Crippen LogP contribution in [0.15, 0.2) is 24.7 Å². The lowest BCUT2D eigenvalue weighted by Crippen LogP contribution is -2.03. The Hall–Kier alpha value is -1.98. The van der Waals surface area contributed by atoms with Crippen LogP contribution in [0.1, 0.15) is 0 Å². The van der Waals surface area contributed by atoms with Crippen LogP contribution in [-0.4, -0.2) is 32.1 Å². The highest BCUT2D eigenvalue weighted by atomic mass is 16.5. The molecule has 6 nitrogen and oxygen atoms in total. The molecule has 0 N–H and O–H groups in total. The second-order valence-corrected chi connectivity index (χ2v) is 2.22. The molecule has 2 aromatic heterocycles. The molecule has 13 heavy (non-hydrogen) atoms. The second kappa shape index (κ2) is 3.18. The highest BCUT2D eigenvalue weighted by Gasteiger charge is 2.00. The maximum absolute atomic E-state index is 4.86. The van der Waals surface area contributed by atoms with Gasteiger partial charge < -0.3 is 4.74 Å². The van der Waals surface area contributed by atoms with Gasteiger partial charge in [0.05, 0.1) is 19.5 Å². The van der Waals surface area contributed by atoms with Crippen molar-refractivity contribution < 1.29 is 4.74 Å². The quantitative estimate of drug-likeness (QED) is 0.649. The van der Waals surface area contributed by atoms with E-state index in [-0.39, 0.29) is 0 Å². The van der Waals surface area contributed by atoms with E-state index in [2.05, 4.69) is 20.2 Å². The van der Waals surface area contributed by atoms with Crippen LogP contribution in [0.25, 0.3) is 5.82 Å². The maximum atomic E-state index is 4.86. The van der Waals surface area contributed by atoms with Crippen molar-refractivity contribution >= 4 is 0 Å². The smallest absolute Gasteiger partial charge is 0.318 e. The summed E-state index contributed by atoms with van der Waals surface area (Å²) in [6.45, 7) is 0. The highest BCUT2D eigenvalue weighted by molar-refractivity contribution is 5.18. The van der Waals surface area contributed by atoms with Crippen molar-refractivity contribution in [2.75, 3.05) is 7.11 Å². The minimum Gasteiger partial charge on any atom is -0.467 e. The lowest BCUT2D eigenvalue weighted by atomic mass is 10.6. The molecule has 0 aliphatic heterocycles. The van der Waals surface area contributed by atoms with Crippen molar-refractivity contribution in [1.82, 2.24) is 25.0 Å². The molecule has 0 unspecified atom stereocenters. The molecular weight excluding hydrogens is 170 g/mol. The van der Waals surface area contributed by atoms with Crippen molar-refractivity contribution in [3.63, 3.8) is 0 Å². The Bertz CT molecular complexity index is 386. The van der Waals surface area contributed by atoms with E-state index >= 15 is 0 Å². The second-order valence-electron chi connectivity index (χ2n) is 2.22. The van der Waals surface area contributed by atoms with E-state index in [1.165, 1.54) is 11.9 Å². The predicted molar refractivity (Wildman–Crippen MR) is 43.5 cm³/mol. The van der Waals surface area contributed by atoms with E-state index < -0.39 is 0 Å². The summed E-state index contributed by atoms with van der Waals surface area (Å²) in [5.41, 5.74) is 0. The van der Waals surface area contributed by atoms with E-state index in [9.17, 15) is 0 Å². The van der Waals surface area contributed by atoms with Gasteiger partial charge in [-0.15, -0.1) is 4.80 Å². The molecule has 0 aliphatic carbocycles. The molecule has 0 saturated heterocycles. The van der Waals surface area contributed by atoms with E-state index in [0.717, 1.165) is 0 Å². The largest absolute Gasteiger partial charge is 0.467 e. The van der Waals surface area contributed by atoms with Gasteiger partial charge in [0.25, 0.3) is 0 Å². The highest BCUT2D eigenvalue weighted by Crippen LogP contribution is 2.04. The van der Waals surface area contributed by atoms with Crippen molar-refractivity contribution in [2.45, 2.75) is 0 Å². The van der Waals surface area contributed by atoms with Crippen LogP contribution in [-0.2, 0) is 0 Å². The molecule has 0 amide bonds. The summed E-state index contributed by atoms with van der Waals surface area (Å²) in [7, 11) is 1.51. The minimum absolute atomic E-state index is 0.301.